The van der Waals surface area contributed by atoms with Gasteiger partial charge in [0.15, 0.2) is 5.82 Å². The van der Waals surface area contributed by atoms with Crippen molar-refractivity contribution in [2.75, 3.05) is 31.2 Å². The van der Waals surface area contributed by atoms with Gasteiger partial charge in [0.25, 0.3) is 5.91 Å². The van der Waals surface area contributed by atoms with Crippen molar-refractivity contribution in [1.29, 1.82) is 0 Å². The molecule has 0 aliphatic heterocycles. The zero-order valence-electron chi connectivity index (χ0n) is 13.6. The van der Waals surface area contributed by atoms with E-state index in [0.29, 0.717) is 17.4 Å². The molecule has 4 N–H and O–H groups in total. The Balaban J connectivity index is 2.54. The van der Waals surface area contributed by atoms with Gasteiger partial charge in [-0.2, -0.15) is 4.37 Å². The Morgan fingerprint density at radius 2 is 2.05 bits per heavy atom. The van der Waals surface area contributed by atoms with Crippen molar-refractivity contribution >= 4 is 28.3 Å². The normalized spacial score (nSPS) is 11.4. The Morgan fingerprint density at radius 3 is 2.62 bits per heavy atom. The predicted octanol–water partition coefficient (Wildman–Crippen LogP) is 2.01. The Morgan fingerprint density at radius 1 is 1.38 bits per heavy atom. The highest BCUT2D eigenvalue weighted by molar-refractivity contribution is 7.11. The van der Waals surface area contributed by atoms with Gasteiger partial charge in [-0.25, -0.2) is 0 Å². The van der Waals surface area contributed by atoms with Crippen LogP contribution in [0.5, 0.6) is 0 Å². The van der Waals surface area contributed by atoms with Crippen LogP contribution < -0.4 is 16.4 Å². The van der Waals surface area contributed by atoms with Crippen LogP contribution in [0.15, 0.2) is 0 Å². The van der Waals surface area contributed by atoms with Gasteiger partial charge in [-0.15, -0.1) is 0 Å². The standard InChI is InChI=1S/C14H27N5OS/c1-9(2)17-13(20)11-12(15)18-21-14(11)16-7-6-8-19(5)10(3)4/h9-10,16H,6-8H2,1-5H3,(H2,15,18)(H,17,20). The van der Waals surface area contributed by atoms with Crippen molar-refractivity contribution in [1.82, 2.24) is 14.6 Å². The third-order valence-electron chi connectivity index (χ3n) is 3.22. The Labute approximate surface area is 131 Å². The summed E-state index contributed by atoms with van der Waals surface area (Å²) in [4.78, 5) is 14.4. The van der Waals surface area contributed by atoms with Gasteiger partial charge in [-0.3, -0.25) is 4.79 Å². The minimum Gasteiger partial charge on any atom is -0.382 e. The monoisotopic (exact) mass is 313 g/mol. The Bertz CT molecular complexity index is 458. The molecule has 0 saturated heterocycles. The average Bonchev–Trinajstić information content (AvgIpc) is 2.74. The summed E-state index contributed by atoms with van der Waals surface area (Å²) in [5.74, 6) is 0.123. The fraction of sp³-hybridized carbons (Fsp3) is 0.714. The van der Waals surface area contributed by atoms with E-state index in [1.807, 2.05) is 13.8 Å². The van der Waals surface area contributed by atoms with Crippen LogP contribution in [0.4, 0.5) is 10.8 Å². The molecule has 6 nitrogen and oxygen atoms in total. The van der Waals surface area contributed by atoms with E-state index < -0.39 is 0 Å². The molecule has 0 fully saturated rings. The van der Waals surface area contributed by atoms with Crippen molar-refractivity contribution in [3.63, 3.8) is 0 Å². The van der Waals surface area contributed by atoms with Crippen molar-refractivity contribution in [2.24, 2.45) is 0 Å². The first kappa shape index (κ1) is 17.7. The molecule has 0 unspecified atom stereocenters. The van der Waals surface area contributed by atoms with Gasteiger partial charge in [-0.05, 0) is 59.2 Å². The molecule has 1 aromatic rings. The lowest BCUT2D eigenvalue weighted by molar-refractivity contribution is 0.0945. The first-order valence-electron chi connectivity index (χ1n) is 7.33. The minimum atomic E-state index is -0.168. The fourth-order valence-electron chi connectivity index (χ4n) is 1.77. The lowest BCUT2D eigenvalue weighted by Crippen LogP contribution is -2.31. The summed E-state index contributed by atoms with van der Waals surface area (Å²) in [5, 5.41) is 6.87. The maximum atomic E-state index is 12.1. The van der Waals surface area contributed by atoms with Crippen molar-refractivity contribution in [2.45, 2.75) is 46.2 Å². The molecule has 0 aliphatic carbocycles. The van der Waals surface area contributed by atoms with Crippen molar-refractivity contribution in [3.05, 3.63) is 5.56 Å². The molecular formula is C14H27N5OS. The summed E-state index contributed by atoms with van der Waals surface area (Å²) < 4.78 is 4.07. The van der Waals surface area contributed by atoms with E-state index >= 15 is 0 Å². The van der Waals surface area contributed by atoms with Gasteiger partial charge in [0.05, 0.1) is 0 Å². The second kappa shape index (κ2) is 8.19. The molecule has 0 saturated carbocycles. The average molecular weight is 313 g/mol. The quantitative estimate of drug-likeness (QED) is 0.639. The van der Waals surface area contributed by atoms with Crippen LogP contribution in [0, 0.1) is 0 Å². The number of carbonyl (C=O) groups is 1. The molecule has 1 rings (SSSR count). The van der Waals surface area contributed by atoms with Gasteiger partial charge >= 0.3 is 0 Å². The van der Waals surface area contributed by atoms with Crippen LogP contribution in [0.3, 0.4) is 0 Å². The molecule has 21 heavy (non-hydrogen) atoms. The maximum absolute atomic E-state index is 12.1. The molecule has 7 heteroatoms. The highest BCUT2D eigenvalue weighted by atomic mass is 32.1. The number of anilines is 2. The van der Waals surface area contributed by atoms with E-state index in [-0.39, 0.29) is 11.9 Å². The zero-order valence-corrected chi connectivity index (χ0v) is 14.4. The van der Waals surface area contributed by atoms with Gasteiger partial charge in [0.1, 0.15) is 10.6 Å². The Hall–Kier alpha value is -1.34. The number of amides is 1. The lowest BCUT2D eigenvalue weighted by atomic mass is 10.2. The molecule has 1 heterocycles. The highest BCUT2D eigenvalue weighted by Crippen LogP contribution is 2.26. The first-order chi connectivity index (χ1) is 9.82. The number of nitrogens with two attached hydrogens (primary N) is 1. The van der Waals surface area contributed by atoms with Crippen LogP contribution in [-0.2, 0) is 0 Å². The maximum Gasteiger partial charge on any atom is 0.258 e. The summed E-state index contributed by atoms with van der Waals surface area (Å²) in [6, 6.07) is 0.612. The third-order valence-corrected chi connectivity index (χ3v) is 4.04. The smallest absolute Gasteiger partial charge is 0.258 e. The summed E-state index contributed by atoms with van der Waals surface area (Å²) in [7, 11) is 2.11. The molecule has 0 aromatic carbocycles. The second-order valence-corrected chi connectivity index (χ2v) is 6.53. The highest BCUT2D eigenvalue weighted by Gasteiger charge is 2.19. The van der Waals surface area contributed by atoms with Gasteiger partial charge in [-0.1, -0.05) is 0 Å². The van der Waals surface area contributed by atoms with Crippen LogP contribution in [0.25, 0.3) is 0 Å². The number of hydrogen-bond donors (Lipinski definition) is 3. The van der Waals surface area contributed by atoms with Crippen LogP contribution in [0.2, 0.25) is 0 Å². The molecule has 0 spiro atoms. The molecule has 0 aliphatic rings. The van der Waals surface area contributed by atoms with Crippen LogP contribution >= 0.6 is 11.5 Å². The summed E-state index contributed by atoms with van der Waals surface area (Å²) in [5.41, 5.74) is 6.26. The number of carbonyl (C=O) groups excluding carboxylic acids is 1. The number of nitrogen functional groups attached to an aromatic ring is 1. The van der Waals surface area contributed by atoms with Crippen LogP contribution in [0.1, 0.15) is 44.5 Å². The first-order valence-corrected chi connectivity index (χ1v) is 8.10. The SMILES string of the molecule is CC(C)NC(=O)c1c(N)nsc1NCCCN(C)C(C)C. The molecular weight excluding hydrogens is 286 g/mol. The van der Waals surface area contributed by atoms with Gasteiger partial charge in [0.2, 0.25) is 0 Å². The lowest BCUT2D eigenvalue weighted by Gasteiger charge is -2.20. The molecule has 1 aromatic heterocycles. The van der Waals surface area contributed by atoms with Gasteiger partial charge in [0, 0.05) is 18.6 Å². The van der Waals surface area contributed by atoms with Crippen LogP contribution in [-0.4, -0.2) is 47.4 Å². The van der Waals surface area contributed by atoms with E-state index in [1.165, 1.54) is 11.5 Å². The van der Waals surface area contributed by atoms with Crippen molar-refractivity contribution in [3.8, 4) is 0 Å². The summed E-state index contributed by atoms with van der Waals surface area (Å²) in [6.45, 7) is 9.98. The van der Waals surface area contributed by atoms with E-state index in [9.17, 15) is 4.79 Å². The number of aromatic nitrogens is 1. The molecule has 0 radical (unpaired) electrons. The van der Waals surface area contributed by atoms with Gasteiger partial charge < -0.3 is 21.3 Å². The van der Waals surface area contributed by atoms with E-state index in [1.54, 1.807) is 0 Å². The van der Waals surface area contributed by atoms with E-state index in [0.717, 1.165) is 24.5 Å². The number of nitrogens with zero attached hydrogens (tertiary/aromatic N) is 2. The Kier molecular flexibility index (Phi) is 6.91. The second-order valence-electron chi connectivity index (χ2n) is 5.75. The van der Waals surface area contributed by atoms with E-state index in [4.69, 9.17) is 5.73 Å². The number of nitrogens with one attached hydrogen (secondary N) is 2. The molecule has 0 atom stereocenters. The summed E-state index contributed by atoms with van der Waals surface area (Å²) >= 11 is 1.24. The topological polar surface area (TPSA) is 83.3 Å². The fourth-order valence-corrected chi connectivity index (χ4v) is 2.50. The minimum absolute atomic E-state index is 0.0735. The summed E-state index contributed by atoms with van der Waals surface area (Å²) in [6.07, 6.45) is 0.998. The largest absolute Gasteiger partial charge is 0.382 e. The molecule has 1 amide bonds. The third kappa shape index (κ3) is 5.51. The number of rotatable bonds is 8. The molecule has 0 bridgehead atoms. The number of hydrogen-bond acceptors (Lipinski definition) is 6. The van der Waals surface area contributed by atoms with E-state index in [2.05, 4.69) is 40.8 Å². The molecule has 120 valence electrons. The van der Waals surface area contributed by atoms with Crippen molar-refractivity contribution < 1.29 is 4.79 Å². The predicted molar refractivity (Wildman–Crippen MR) is 90.0 cm³/mol. The zero-order chi connectivity index (χ0) is 16.0.